The van der Waals surface area contributed by atoms with Crippen LogP contribution >= 0.6 is 0 Å². The minimum absolute atomic E-state index is 0.0215. The number of carbonyl (C=O) groups is 2. The second-order valence-electron chi connectivity index (χ2n) is 5.97. The third-order valence-electron chi connectivity index (χ3n) is 4.29. The molecule has 0 aliphatic carbocycles. The highest BCUT2D eigenvalue weighted by atomic mass is 16.5. The highest BCUT2D eigenvalue weighted by Crippen LogP contribution is 2.36. The minimum Gasteiger partial charge on any atom is -0.464 e. The Bertz CT molecular complexity index is 1030. The first-order valence-electron chi connectivity index (χ1n) is 8.12. The van der Waals surface area contributed by atoms with Crippen LogP contribution in [0.2, 0.25) is 0 Å². The Kier molecular flexibility index (Phi) is 4.03. The van der Waals surface area contributed by atoms with Crippen molar-refractivity contribution in [2.24, 2.45) is 0 Å². The van der Waals surface area contributed by atoms with E-state index in [1.54, 1.807) is 6.07 Å². The van der Waals surface area contributed by atoms with Crippen molar-refractivity contribution in [2.45, 2.75) is 13.0 Å². The number of fused-ring (bicyclic) bond motifs is 1. The molecule has 0 unspecified atom stereocenters. The molecule has 3 heterocycles. The maximum absolute atomic E-state index is 13.2. The van der Waals surface area contributed by atoms with Crippen LogP contribution in [-0.2, 0) is 9.53 Å². The van der Waals surface area contributed by atoms with Crippen LogP contribution in [0.1, 0.15) is 27.7 Å². The third kappa shape index (κ3) is 2.78. The van der Waals surface area contributed by atoms with Crippen molar-refractivity contribution >= 4 is 17.7 Å². The fourth-order valence-electron chi connectivity index (χ4n) is 2.99. The van der Waals surface area contributed by atoms with Gasteiger partial charge in [0.05, 0.1) is 18.9 Å². The molecule has 1 aliphatic rings. The van der Waals surface area contributed by atoms with Crippen LogP contribution in [0.5, 0.6) is 0 Å². The van der Waals surface area contributed by atoms with Gasteiger partial charge in [0, 0.05) is 0 Å². The van der Waals surface area contributed by atoms with Crippen LogP contribution in [-0.4, -0.2) is 39.1 Å². The molecule has 0 saturated heterocycles. The Morgan fingerprint density at radius 3 is 2.67 bits per heavy atom. The summed E-state index contributed by atoms with van der Waals surface area (Å²) in [7, 11) is 1.24. The van der Waals surface area contributed by atoms with Gasteiger partial charge >= 0.3 is 5.97 Å². The highest BCUT2D eigenvalue weighted by molar-refractivity contribution is 6.13. The van der Waals surface area contributed by atoms with Crippen LogP contribution in [0.15, 0.2) is 58.3 Å². The molecule has 4 rings (SSSR count). The first kappa shape index (κ1) is 16.7. The number of tetrazole rings is 1. The summed E-state index contributed by atoms with van der Waals surface area (Å²) < 4.78 is 11.6. The number of ketones is 1. The monoisotopic (exact) mass is 365 g/mol. The average molecular weight is 365 g/mol. The Hall–Kier alpha value is -3.75. The van der Waals surface area contributed by atoms with Crippen molar-refractivity contribution in [2.75, 3.05) is 12.4 Å². The molecule has 1 aliphatic heterocycles. The molecular weight excluding hydrogens is 350 g/mol. The van der Waals surface area contributed by atoms with E-state index in [-0.39, 0.29) is 23.0 Å². The van der Waals surface area contributed by atoms with Crippen molar-refractivity contribution in [3.8, 4) is 0 Å². The molecule has 0 amide bonds. The van der Waals surface area contributed by atoms with Crippen LogP contribution in [0, 0.1) is 6.92 Å². The van der Waals surface area contributed by atoms with E-state index in [2.05, 4.69) is 20.8 Å². The zero-order valence-corrected chi connectivity index (χ0v) is 14.5. The van der Waals surface area contributed by atoms with Gasteiger partial charge in [-0.2, -0.15) is 4.68 Å². The van der Waals surface area contributed by atoms with Gasteiger partial charge in [0.2, 0.25) is 11.7 Å². The van der Waals surface area contributed by atoms with Crippen LogP contribution < -0.4 is 5.32 Å². The fraction of sp³-hybridized carbons (Fsp3) is 0.167. The summed E-state index contributed by atoms with van der Waals surface area (Å²) in [6.07, 6.45) is 1.39. The number of nitrogens with zero attached hydrogens (tertiary/aromatic N) is 4. The quantitative estimate of drug-likeness (QED) is 0.551. The maximum Gasteiger partial charge on any atom is 0.355 e. The van der Waals surface area contributed by atoms with E-state index in [4.69, 9.17) is 9.15 Å². The van der Waals surface area contributed by atoms with Crippen LogP contribution in [0.25, 0.3) is 0 Å². The van der Waals surface area contributed by atoms with Gasteiger partial charge in [-0.05, 0) is 35.0 Å². The summed E-state index contributed by atoms with van der Waals surface area (Å²) in [5, 5.41) is 14.3. The number of ether oxygens (including phenoxy) is 1. The number of nitrogens with one attached hydrogen (secondary N) is 1. The number of furan rings is 1. The molecule has 0 radical (unpaired) electrons. The number of Topliss-reactive ketones (excluding diaryl/α,β-unsaturated/α-hetero) is 1. The second-order valence-corrected chi connectivity index (χ2v) is 5.97. The van der Waals surface area contributed by atoms with Crippen molar-refractivity contribution in [1.82, 2.24) is 20.2 Å². The number of benzene rings is 1. The van der Waals surface area contributed by atoms with E-state index < -0.39 is 17.8 Å². The standard InChI is InChI=1S/C18H15N5O4/c1-10-5-7-11(8-6-10)15-13(16(24)12-4-3-9-27-12)14(17(25)26-2)19-18-20-21-22-23(15)18/h3-9,15H,1-2H3,(H,19,20,22)/t15-/m0/s1. The lowest BCUT2D eigenvalue weighted by Gasteiger charge is -2.27. The SMILES string of the molecule is COC(=O)C1=C(C(=O)c2ccco2)[C@H](c2ccc(C)cc2)n2nnnc2N1. The number of anilines is 1. The molecule has 0 spiro atoms. The van der Waals surface area contributed by atoms with E-state index in [0.29, 0.717) is 0 Å². The molecule has 3 aromatic rings. The molecule has 27 heavy (non-hydrogen) atoms. The van der Waals surface area contributed by atoms with Crippen LogP contribution in [0.4, 0.5) is 5.95 Å². The van der Waals surface area contributed by atoms with Crippen molar-refractivity contribution in [1.29, 1.82) is 0 Å². The number of aryl methyl sites for hydroxylation is 1. The van der Waals surface area contributed by atoms with E-state index in [0.717, 1.165) is 11.1 Å². The molecule has 2 aromatic heterocycles. The van der Waals surface area contributed by atoms with Gasteiger partial charge in [-0.1, -0.05) is 34.9 Å². The van der Waals surface area contributed by atoms with Gasteiger partial charge in [-0.15, -0.1) is 0 Å². The summed E-state index contributed by atoms with van der Waals surface area (Å²) in [5.74, 6) is -0.824. The zero-order valence-electron chi connectivity index (χ0n) is 14.5. The first-order chi connectivity index (χ1) is 13.1. The first-order valence-corrected chi connectivity index (χ1v) is 8.12. The number of hydrogen-bond donors (Lipinski definition) is 1. The number of allylic oxidation sites excluding steroid dienone is 1. The molecule has 0 bridgehead atoms. The minimum atomic E-state index is -0.719. The fourth-order valence-corrected chi connectivity index (χ4v) is 2.99. The van der Waals surface area contributed by atoms with Crippen molar-refractivity contribution in [3.63, 3.8) is 0 Å². The number of carbonyl (C=O) groups excluding carboxylic acids is 2. The summed E-state index contributed by atoms with van der Waals surface area (Å²) >= 11 is 0. The number of rotatable bonds is 4. The lowest BCUT2D eigenvalue weighted by molar-refractivity contribution is -0.136. The van der Waals surface area contributed by atoms with E-state index in [9.17, 15) is 9.59 Å². The summed E-state index contributed by atoms with van der Waals surface area (Å²) in [5.41, 5.74) is 1.92. The average Bonchev–Trinajstić information content (AvgIpc) is 3.37. The van der Waals surface area contributed by atoms with Crippen molar-refractivity contribution in [3.05, 3.63) is 70.8 Å². The van der Waals surface area contributed by atoms with Gasteiger partial charge in [0.25, 0.3) is 0 Å². The van der Waals surface area contributed by atoms with Gasteiger partial charge in [0.15, 0.2) is 5.76 Å². The number of aromatic nitrogens is 4. The molecule has 0 fully saturated rings. The Morgan fingerprint density at radius 2 is 2.00 bits per heavy atom. The Morgan fingerprint density at radius 1 is 1.22 bits per heavy atom. The Labute approximate surface area is 153 Å². The molecule has 1 atom stereocenters. The summed E-state index contributed by atoms with van der Waals surface area (Å²) in [4.78, 5) is 25.6. The molecule has 1 aromatic carbocycles. The summed E-state index contributed by atoms with van der Waals surface area (Å²) in [6.45, 7) is 1.96. The Balaban J connectivity index is 1.95. The molecule has 136 valence electrons. The largest absolute Gasteiger partial charge is 0.464 e. The smallest absolute Gasteiger partial charge is 0.355 e. The predicted molar refractivity (Wildman–Crippen MR) is 92.8 cm³/mol. The third-order valence-corrected chi connectivity index (χ3v) is 4.29. The number of methoxy groups -OCH3 is 1. The van der Waals surface area contributed by atoms with E-state index >= 15 is 0 Å². The normalized spacial score (nSPS) is 15.9. The lowest BCUT2D eigenvalue weighted by Crippen LogP contribution is -2.32. The molecule has 9 heteroatoms. The predicted octanol–water partition coefficient (Wildman–Crippen LogP) is 1.90. The zero-order chi connectivity index (χ0) is 19.0. The highest BCUT2D eigenvalue weighted by Gasteiger charge is 2.39. The van der Waals surface area contributed by atoms with Gasteiger partial charge < -0.3 is 14.5 Å². The van der Waals surface area contributed by atoms with Gasteiger partial charge in [0.1, 0.15) is 11.7 Å². The van der Waals surface area contributed by atoms with Crippen molar-refractivity contribution < 1.29 is 18.7 Å². The van der Waals surface area contributed by atoms with E-state index in [1.807, 2.05) is 31.2 Å². The molecule has 1 N–H and O–H groups in total. The molecule has 0 saturated carbocycles. The van der Waals surface area contributed by atoms with E-state index in [1.165, 1.54) is 24.1 Å². The van der Waals surface area contributed by atoms with Gasteiger partial charge in [-0.3, -0.25) is 4.79 Å². The number of hydrogen-bond acceptors (Lipinski definition) is 8. The van der Waals surface area contributed by atoms with Crippen LogP contribution in [0.3, 0.4) is 0 Å². The lowest BCUT2D eigenvalue weighted by atomic mass is 9.91. The summed E-state index contributed by atoms with van der Waals surface area (Å²) in [6, 6.07) is 9.96. The maximum atomic E-state index is 13.2. The van der Waals surface area contributed by atoms with Gasteiger partial charge in [-0.25, -0.2) is 4.79 Å². The second kappa shape index (κ2) is 6.52. The molecule has 9 nitrogen and oxygen atoms in total. The molecular formula is C18H15N5O4. The number of esters is 1. The topological polar surface area (TPSA) is 112 Å².